The summed E-state index contributed by atoms with van der Waals surface area (Å²) in [6, 6.07) is 0.376. The Morgan fingerprint density at radius 3 is 2.43 bits per heavy atom. The Hall–Kier alpha value is -0.400. The summed E-state index contributed by atoms with van der Waals surface area (Å²) in [5, 5.41) is 13.2. The first-order chi connectivity index (χ1) is 9.06. The van der Waals surface area contributed by atoms with E-state index in [1.165, 1.54) is 6.08 Å². The molecule has 1 atom stereocenters. The summed E-state index contributed by atoms with van der Waals surface area (Å²) in [6.07, 6.45) is 1.52. The summed E-state index contributed by atoms with van der Waals surface area (Å²) in [5.41, 5.74) is -0.0659. The molecule has 0 radical (unpaired) electrons. The zero-order valence-electron chi connectivity index (χ0n) is 11.1. The van der Waals surface area contributed by atoms with Gasteiger partial charge in [-0.1, -0.05) is 6.08 Å². The van der Waals surface area contributed by atoms with Crippen LogP contribution in [0, 0.1) is 11.6 Å². The zero-order valence-corrected chi connectivity index (χ0v) is 14.3. The lowest BCUT2D eigenvalue weighted by atomic mass is 10.0. The molecule has 1 saturated heterocycles. The van der Waals surface area contributed by atoms with Gasteiger partial charge in [0.05, 0.1) is 16.1 Å². The molecular formula is C13H17BrCl2F2N2O. The smallest absolute Gasteiger partial charge is 0.167 e. The average molecular weight is 406 g/mol. The fraction of sp³-hybridized carbons (Fsp3) is 0.385. The van der Waals surface area contributed by atoms with Crippen molar-refractivity contribution >= 4 is 40.7 Å². The molecule has 1 aliphatic heterocycles. The van der Waals surface area contributed by atoms with E-state index in [9.17, 15) is 13.9 Å². The van der Waals surface area contributed by atoms with Crippen LogP contribution < -0.4 is 5.32 Å². The normalized spacial score (nSPS) is 16.5. The molecule has 1 aliphatic rings. The maximum atomic E-state index is 14.0. The molecule has 0 saturated carbocycles. The van der Waals surface area contributed by atoms with Crippen LogP contribution in [0.5, 0.6) is 5.75 Å². The number of phenolic OH excluding ortho intramolecular Hbond substituents is 1. The Labute approximate surface area is 143 Å². The number of phenols is 1. The number of rotatable bonds is 3. The molecule has 8 heteroatoms. The summed E-state index contributed by atoms with van der Waals surface area (Å²) in [7, 11) is 0. The van der Waals surface area contributed by atoms with E-state index >= 15 is 0 Å². The number of piperazine rings is 1. The van der Waals surface area contributed by atoms with E-state index in [2.05, 4.69) is 27.8 Å². The molecule has 0 spiro atoms. The maximum Gasteiger partial charge on any atom is 0.167 e. The molecule has 0 unspecified atom stereocenters. The number of aromatic hydroxyl groups is 1. The largest absolute Gasteiger partial charge is 0.506 e. The van der Waals surface area contributed by atoms with Gasteiger partial charge in [-0.2, -0.15) is 0 Å². The summed E-state index contributed by atoms with van der Waals surface area (Å²) < 4.78 is 27.6. The predicted molar refractivity (Wildman–Crippen MR) is 87.6 cm³/mol. The van der Waals surface area contributed by atoms with Gasteiger partial charge in [0.2, 0.25) is 0 Å². The molecule has 0 amide bonds. The van der Waals surface area contributed by atoms with E-state index in [4.69, 9.17) is 0 Å². The highest BCUT2D eigenvalue weighted by Crippen LogP contribution is 2.38. The summed E-state index contributed by atoms with van der Waals surface area (Å²) in [5.74, 6) is -2.28. The number of benzene rings is 1. The van der Waals surface area contributed by atoms with Crippen molar-refractivity contribution in [3.05, 3.63) is 40.4 Å². The minimum atomic E-state index is -1.02. The third-order valence-corrected chi connectivity index (χ3v) is 3.85. The van der Waals surface area contributed by atoms with Gasteiger partial charge in [-0.05, 0) is 22.0 Å². The molecule has 120 valence electrons. The van der Waals surface area contributed by atoms with Crippen molar-refractivity contribution in [2.24, 2.45) is 0 Å². The Kier molecular flexibility index (Phi) is 8.73. The first-order valence-electron chi connectivity index (χ1n) is 6.00. The molecule has 2 N–H and O–H groups in total. The molecule has 1 fully saturated rings. The minimum Gasteiger partial charge on any atom is -0.506 e. The van der Waals surface area contributed by atoms with Crippen LogP contribution in [0.4, 0.5) is 8.78 Å². The molecule has 0 aromatic heterocycles. The van der Waals surface area contributed by atoms with Crippen molar-refractivity contribution < 1.29 is 13.9 Å². The number of hydrogen-bond acceptors (Lipinski definition) is 3. The van der Waals surface area contributed by atoms with Crippen LogP contribution >= 0.6 is 40.7 Å². The first kappa shape index (κ1) is 20.6. The van der Waals surface area contributed by atoms with Crippen molar-refractivity contribution in [2.75, 3.05) is 26.2 Å². The zero-order chi connectivity index (χ0) is 14.0. The van der Waals surface area contributed by atoms with Gasteiger partial charge in [-0.15, -0.1) is 31.4 Å². The van der Waals surface area contributed by atoms with E-state index in [0.717, 1.165) is 19.2 Å². The molecule has 21 heavy (non-hydrogen) atoms. The predicted octanol–water partition coefficient (Wildman–Crippen LogP) is 3.41. The second kappa shape index (κ2) is 8.90. The molecule has 1 aromatic rings. The van der Waals surface area contributed by atoms with Crippen LogP contribution in [-0.2, 0) is 0 Å². The van der Waals surface area contributed by atoms with Gasteiger partial charge in [0.25, 0.3) is 0 Å². The van der Waals surface area contributed by atoms with Gasteiger partial charge in [0.15, 0.2) is 11.6 Å². The average Bonchev–Trinajstić information content (AvgIpc) is 2.42. The van der Waals surface area contributed by atoms with Crippen molar-refractivity contribution in [3.8, 4) is 5.75 Å². The molecular weight excluding hydrogens is 389 g/mol. The van der Waals surface area contributed by atoms with E-state index in [0.29, 0.717) is 13.1 Å². The maximum absolute atomic E-state index is 14.0. The lowest BCUT2D eigenvalue weighted by molar-refractivity contribution is 0.196. The Bertz CT molecular complexity index is 473. The Morgan fingerprint density at radius 2 is 1.90 bits per heavy atom. The number of nitrogens with zero attached hydrogens (tertiary/aromatic N) is 1. The topological polar surface area (TPSA) is 35.5 Å². The number of halogens is 5. The highest BCUT2D eigenvalue weighted by molar-refractivity contribution is 9.10. The van der Waals surface area contributed by atoms with Gasteiger partial charge in [0.1, 0.15) is 5.75 Å². The van der Waals surface area contributed by atoms with Gasteiger partial charge < -0.3 is 10.4 Å². The molecule has 3 nitrogen and oxygen atoms in total. The highest BCUT2D eigenvalue weighted by atomic mass is 79.9. The summed E-state index contributed by atoms with van der Waals surface area (Å²) in [4.78, 5) is 1.95. The fourth-order valence-corrected chi connectivity index (χ4v) is 2.70. The molecule has 0 aliphatic carbocycles. The van der Waals surface area contributed by atoms with Crippen molar-refractivity contribution in [1.29, 1.82) is 0 Å². The SMILES string of the molecule is C=C[C@@H](c1c(O)c(Br)cc(F)c1F)N1CCNCC1.Cl.Cl. The second-order valence-electron chi connectivity index (χ2n) is 4.38. The second-order valence-corrected chi connectivity index (χ2v) is 5.24. The third kappa shape index (κ3) is 4.29. The minimum absolute atomic E-state index is 0. The Morgan fingerprint density at radius 1 is 1.33 bits per heavy atom. The Balaban J connectivity index is 0.00000200. The van der Waals surface area contributed by atoms with E-state index in [-0.39, 0.29) is 40.6 Å². The monoisotopic (exact) mass is 404 g/mol. The summed E-state index contributed by atoms with van der Waals surface area (Å²) >= 11 is 3.03. The lowest BCUT2D eigenvalue weighted by Gasteiger charge is -2.34. The highest BCUT2D eigenvalue weighted by Gasteiger charge is 2.28. The number of nitrogens with one attached hydrogen (secondary N) is 1. The van der Waals surface area contributed by atoms with Crippen LogP contribution in [-0.4, -0.2) is 36.2 Å². The lowest BCUT2D eigenvalue weighted by Crippen LogP contribution is -2.44. The number of hydrogen-bond donors (Lipinski definition) is 2. The molecule has 2 rings (SSSR count). The van der Waals surface area contributed by atoms with Crippen LogP contribution in [0.3, 0.4) is 0 Å². The van der Waals surface area contributed by atoms with Crippen LogP contribution in [0.2, 0.25) is 0 Å². The van der Waals surface area contributed by atoms with Gasteiger partial charge in [-0.3, -0.25) is 4.90 Å². The van der Waals surface area contributed by atoms with Crippen LogP contribution in [0.15, 0.2) is 23.2 Å². The van der Waals surface area contributed by atoms with E-state index < -0.39 is 17.7 Å². The van der Waals surface area contributed by atoms with E-state index in [1.54, 1.807) is 0 Å². The summed E-state index contributed by atoms with van der Waals surface area (Å²) in [6.45, 7) is 6.58. The van der Waals surface area contributed by atoms with Crippen LogP contribution in [0.1, 0.15) is 11.6 Å². The standard InChI is InChI=1S/C13H15BrF2N2O.2ClH/c1-2-10(18-5-3-17-4-6-18)11-12(16)9(15)7-8(14)13(11)19;;/h2,7,10,17,19H,1,3-6H2;2*1H/t10-;;/m0../s1. The van der Waals surface area contributed by atoms with Gasteiger partial charge in [-0.25, -0.2) is 8.78 Å². The van der Waals surface area contributed by atoms with Gasteiger partial charge >= 0.3 is 0 Å². The van der Waals surface area contributed by atoms with Gasteiger partial charge in [0, 0.05) is 26.2 Å². The fourth-order valence-electron chi connectivity index (χ4n) is 2.28. The van der Waals surface area contributed by atoms with E-state index in [1.807, 2.05) is 4.90 Å². The first-order valence-corrected chi connectivity index (χ1v) is 6.79. The van der Waals surface area contributed by atoms with Crippen LogP contribution in [0.25, 0.3) is 0 Å². The van der Waals surface area contributed by atoms with Crippen molar-refractivity contribution in [3.63, 3.8) is 0 Å². The van der Waals surface area contributed by atoms with Crippen molar-refractivity contribution in [1.82, 2.24) is 10.2 Å². The quantitative estimate of drug-likeness (QED) is 0.597. The molecule has 0 bridgehead atoms. The molecule has 1 heterocycles. The third-order valence-electron chi connectivity index (χ3n) is 3.24. The van der Waals surface area contributed by atoms with Crippen molar-refractivity contribution in [2.45, 2.75) is 6.04 Å². The molecule has 1 aromatic carbocycles.